The fraction of sp³-hybridized carbons (Fsp3) is 0.444. The minimum atomic E-state index is 0.147. The molecule has 0 saturated carbocycles. The van der Waals surface area contributed by atoms with E-state index >= 15 is 0 Å². The lowest BCUT2D eigenvalue weighted by Crippen LogP contribution is -2.52. The molecule has 1 aliphatic rings. The lowest BCUT2D eigenvalue weighted by Gasteiger charge is -2.34. The van der Waals surface area contributed by atoms with Crippen LogP contribution in [-0.4, -0.2) is 46.3 Å². The summed E-state index contributed by atoms with van der Waals surface area (Å²) in [5.41, 5.74) is 3.62. The highest BCUT2D eigenvalue weighted by Gasteiger charge is 2.25. The molecule has 1 N–H and O–H groups in total. The number of amides is 1. The van der Waals surface area contributed by atoms with Crippen molar-refractivity contribution in [3.8, 4) is 5.69 Å². The van der Waals surface area contributed by atoms with Gasteiger partial charge in [0.15, 0.2) is 0 Å². The Kier molecular flexibility index (Phi) is 5.37. The Morgan fingerprint density at radius 3 is 2.76 bits per heavy atom. The molecule has 1 saturated heterocycles. The lowest BCUT2D eigenvalue weighted by atomic mass is 10.1. The number of benzene rings is 1. The number of nitrogens with one attached hydrogen (secondary N) is 1. The van der Waals surface area contributed by atoms with E-state index in [0.29, 0.717) is 16.5 Å². The number of aryl methyl sites for hydroxylation is 1. The minimum Gasteiger partial charge on any atom is -0.337 e. The highest BCUT2D eigenvalue weighted by Crippen LogP contribution is 2.26. The fourth-order valence-electron chi connectivity index (χ4n) is 3.26. The summed E-state index contributed by atoms with van der Waals surface area (Å²) in [4.78, 5) is 14.7. The van der Waals surface area contributed by atoms with E-state index in [-0.39, 0.29) is 11.9 Å². The van der Waals surface area contributed by atoms with E-state index in [1.54, 1.807) is 12.1 Å². The molecule has 134 valence electrons. The summed E-state index contributed by atoms with van der Waals surface area (Å²) >= 11 is 12.1. The van der Waals surface area contributed by atoms with Crippen molar-refractivity contribution in [3.05, 3.63) is 45.2 Å². The van der Waals surface area contributed by atoms with E-state index in [1.807, 2.05) is 29.5 Å². The van der Waals surface area contributed by atoms with Gasteiger partial charge in [-0.05, 0) is 39.0 Å². The average Bonchev–Trinajstić information content (AvgIpc) is 2.86. The molecule has 1 aromatic carbocycles. The van der Waals surface area contributed by atoms with Crippen LogP contribution in [0.1, 0.15) is 23.9 Å². The maximum atomic E-state index is 12.7. The maximum Gasteiger partial charge on any atom is 0.227 e. The Morgan fingerprint density at radius 1 is 1.32 bits per heavy atom. The molecule has 2 heterocycles. The highest BCUT2D eigenvalue weighted by atomic mass is 35.5. The molecule has 0 spiro atoms. The summed E-state index contributed by atoms with van der Waals surface area (Å²) < 4.78 is 1.82. The smallest absolute Gasteiger partial charge is 0.227 e. The number of hydrogen-bond acceptors (Lipinski definition) is 3. The summed E-state index contributed by atoms with van der Waals surface area (Å²) in [5, 5.41) is 8.90. The van der Waals surface area contributed by atoms with Crippen molar-refractivity contribution >= 4 is 29.1 Å². The van der Waals surface area contributed by atoms with Crippen LogP contribution in [0.2, 0.25) is 10.0 Å². The Hall–Kier alpha value is -1.56. The van der Waals surface area contributed by atoms with Gasteiger partial charge in [0.05, 0.1) is 27.8 Å². The molecule has 5 nitrogen and oxygen atoms in total. The largest absolute Gasteiger partial charge is 0.337 e. The zero-order chi connectivity index (χ0) is 18.1. The van der Waals surface area contributed by atoms with Crippen LogP contribution >= 0.6 is 23.2 Å². The van der Waals surface area contributed by atoms with Gasteiger partial charge in [-0.2, -0.15) is 5.10 Å². The number of nitrogens with zero attached hydrogens (tertiary/aromatic N) is 3. The lowest BCUT2D eigenvalue weighted by molar-refractivity contribution is -0.133. The van der Waals surface area contributed by atoms with E-state index in [0.717, 1.165) is 42.3 Å². The van der Waals surface area contributed by atoms with Gasteiger partial charge in [0.25, 0.3) is 0 Å². The normalized spacial score (nSPS) is 17.8. The second kappa shape index (κ2) is 7.36. The third-order valence-electron chi connectivity index (χ3n) is 4.74. The Bertz CT molecular complexity index is 803. The van der Waals surface area contributed by atoms with Crippen molar-refractivity contribution in [1.82, 2.24) is 20.0 Å². The first-order chi connectivity index (χ1) is 11.9. The Balaban J connectivity index is 1.86. The second-order valence-corrected chi connectivity index (χ2v) is 7.29. The molecule has 1 aliphatic heterocycles. The van der Waals surface area contributed by atoms with Crippen LogP contribution < -0.4 is 5.32 Å². The van der Waals surface area contributed by atoms with Crippen molar-refractivity contribution in [2.24, 2.45) is 0 Å². The van der Waals surface area contributed by atoms with Gasteiger partial charge in [0.1, 0.15) is 0 Å². The maximum absolute atomic E-state index is 12.7. The first kappa shape index (κ1) is 18.2. The fourth-order valence-corrected chi connectivity index (χ4v) is 3.56. The van der Waals surface area contributed by atoms with Crippen LogP contribution in [0.25, 0.3) is 5.69 Å². The minimum absolute atomic E-state index is 0.147. The molecule has 0 aliphatic carbocycles. The third-order valence-corrected chi connectivity index (χ3v) is 5.48. The molecular weight excluding hydrogens is 359 g/mol. The van der Waals surface area contributed by atoms with E-state index in [2.05, 4.69) is 17.3 Å². The van der Waals surface area contributed by atoms with Gasteiger partial charge < -0.3 is 10.2 Å². The SMILES string of the molecule is Cc1nn(-c2ccc(Cl)c(Cl)c2)c(C)c1CC(=O)N1CCNCC1C. The number of carbonyl (C=O) groups excluding carboxylic acids is 1. The molecule has 7 heteroatoms. The number of hydrogen-bond donors (Lipinski definition) is 1. The van der Waals surface area contributed by atoms with Gasteiger partial charge in [0.2, 0.25) is 5.91 Å². The molecule has 3 rings (SSSR count). The first-order valence-corrected chi connectivity index (χ1v) is 9.14. The predicted octanol–water partition coefficient (Wildman–Crippen LogP) is 3.16. The Morgan fingerprint density at radius 2 is 2.08 bits per heavy atom. The van der Waals surface area contributed by atoms with Crippen molar-refractivity contribution in [2.75, 3.05) is 19.6 Å². The monoisotopic (exact) mass is 380 g/mol. The van der Waals surface area contributed by atoms with Crippen molar-refractivity contribution in [3.63, 3.8) is 0 Å². The van der Waals surface area contributed by atoms with Gasteiger partial charge in [-0.1, -0.05) is 23.2 Å². The highest BCUT2D eigenvalue weighted by molar-refractivity contribution is 6.42. The van der Waals surface area contributed by atoms with Crippen molar-refractivity contribution < 1.29 is 4.79 Å². The van der Waals surface area contributed by atoms with Crippen molar-refractivity contribution in [1.29, 1.82) is 0 Å². The number of rotatable bonds is 3. The standard InChI is InChI=1S/C18H22Cl2N4O/c1-11-10-21-6-7-23(11)18(25)9-15-12(2)22-24(13(15)3)14-4-5-16(19)17(20)8-14/h4-5,8,11,21H,6-7,9-10H2,1-3H3. The van der Waals surface area contributed by atoms with E-state index in [4.69, 9.17) is 23.2 Å². The summed E-state index contributed by atoms with van der Waals surface area (Å²) in [5.74, 6) is 0.147. The van der Waals surface area contributed by atoms with Gasteiger partial charge in [-0.3, -0.25) is 4.79 Å². The molecule has 0 bridgehead atoms. The van der Waals surface area contributed by atoms with Crippen molar-refractivity contribution in [2.45, 2.75) is 33.2 Å². The van der Waals surface area contributed by atoms with E-state index < -0.39 is 0 Å². The molecular formula is C18H22Cl2N4O. The van der Waals surface area contributed by atoms with Crippen LogP contribution in [0.15, 0.2) is 18.2 Å². The zero-order valence-corrected chi connectivity index (χ0v) is 16.2. The van der Waals surface area contributed by atoms with Crippen LogP contribution in [-0.2, 0) is 11.2 Å². The number of carbonyl (C=O) groups is 1. The second-order valence-electron chi connectivity index (χ2n) is 6.48. The molecule has 1 atom stereocenters. The first-order valence-electron chi connectivity index (χ1n) is 8.39. The predicted molar refractivity (Wildman–Crippen MR) is 101 cm³/mol. The molecule has 1 unspecified atom stereocenters. The number of halogens is 2. The van der Waals surface area contributed by atoms with Crippen LogP contribution in [0.5, 0.6) is 0 Å². The summed E-state index contributed by atoms with van der Waals surface area (Å²) in [6.07, 6.45) is 0.364. The zero-order valence-electron chi connectivity index (χ0n) is 14.6. The molecule has 1 fully saturated rings. The van der Waals surface area contributed by atoms with Crippen LogP contribution in [0.3, 0.4) is 0 Å². The quantitative estimate of drug-likeness (QED) is 0.889. The van der Waals surface area contributed by atoms with Gasteiger partial charge in [-0.25, -0.2) is 4.68 Å². The number of aromatic nitrogens is 2. The third kappa shape index (κ3) is 3.68. The van der Waals surface area contributed by atoms with Gasteiger partial charge >= 0.3 is 0 Å². The van der Waals surface area contributed by atoms with E-state index in [9.17, 15) is 4.79 Å². The summed E-state index contributed by atoms with van der Waals surface area (Å²) in [6.45, 7) is 8.42. The molecule has 25 heavy (non-hydrogen) atoms. The Labute approximate surface area is 157 Å². The molecule has 1 amide bonds. The topological polar surface area (TPSA) is 50.2 Å². The van der Waals surface area contributed by atoms with Gasteiger partial charge in [-0.15, -0.1) is 0 Å². The molecule has 0 radical (unpaired) electrons. The van der Waals surface area contributed by atoms with Crippen LogP contribution in [0.4, 0.5) is 0 Å². The molecule has 2 aromatic rings. The average molecular weight is 381 g/mol. The van der Waals surface area contributed by atoms with Crippen LogP contribution in [0, 0.1) is 13.8 Å². The van der Waals surface area contributed by atoms with E-state index in [1.165, 1.54) is 0 Å². The summed E-state index contributed by atoms with van der Waals surface area (Å²) in [6, 6.07) is 5.63. The van der Waals surface area contributed by atoms with Gasteiger partial charge in [0, 0.05) is 36.9 Å². The summed E-state index contributed by atoms with van der Waals surface area (Å²) in [7, 11) is 0. The number of piperazine rings is 1. The molecule has 1 aromatic heterocycles.